The van der Waals surface area contributed by atoms with Gasteiger partial charge in [0.2, 0.25) is 0 Å². The highest BCUT2D eigenvalue weighted by atomic mass is 19.4. The van der Waals surface area contributed by atoms with Crippen LogP contribution < -0.4 is 5.32 Å². The number of fused-ring (bicyclic) bond motifs is 4. The first-order chi connectivity index (χ1) is 15.4. The summed E-state index contributed by atoms with van der Waals surface area (Å²) in [6, 6.07) is 11.0. The molecule has 1 aliphatic carbocycles. The van der Waals surface area contributed by atoms with Gasteiger partial charge in [-0.2, -0.15) is 13.2 Å². The summed E-state index contributed by atoms with van der Waals surface area (Å²) in [5, 5.41) is 3.04. The van der Waals surface area contributed by atoms with Crippen molar-refractivity contribution in [1.29, 1.82) is 0 Å². The summed E-state index contributed by atoms with van der Waals surface area (Å²) in [5.74, 6) is 0.458. The molecule has 2 aromatic rings. The maximum absolute atomic E-state index is 13.1. The van der Waals surface area contributed by atoms with Gasteiger partial charge in [-0.1, -0.05) is 30.3 Å². The minimum Gasteiger partial charge on any atom is -0.445 e. The molecule has 7 heteroatoms. The molecule has 6 rings (SSSR count). The number of ether oxygens (including phenoxy) is 1. The van der Waals surface area contributed by atoms with Crippen LogP contribution in [0.4, 0.5) is 18.0 Å². The Labute approximate surface area is 185 Å². The molecular formula is C25H27F3N2O2. The van der Waals surface area contributed by atoms with E-state index in [0.717, 1.165) is 74.5 Å². The molecule has 1 amide bonds. The summed E-state index contributed by atoms with van der Waals surface area (Å²) in [6.07, 6.45) is -0.0313. The first-order valence-corrected chi connectivity index (χ1v) is 11.4. The first-order valence-electron chi connectivity index (χ1n) is 11.4. The zero-order valence-corrected chi connectivity index (χ0v) is 17.8. The van der Waals surface area contributed by atoms with Crippen molar-refractivity contribution in [3.05, 3.63) is 59.2 Å². The third-order valence-electron chi connectivity index (χ3n) is 7.13. The fourth-order valence-electron chi connectivity index (χ4n) is 5.38. The molecule has 1 unspecified atom stereocenters. The second kappa shape index (κ2) is 8.43. The van der Waals surface area contributed by atoms with Gasteiger partial charge < -0.3 is 10.1 Å². The van der Waals surface area contributed by atoms with Crippen molar-refractivity contribution >= 4 is 6.09 Å². The van der Waals surface area contributed by atoms with Crippen LogP contribution in [-0.4, -0.2) is 36.7 Å². The Morgan fingerprint density at radius 1 is 1.03 bits per heavy atom. The molecule has 2 bridgehead atoms. The molecule has 170 valence electrons. The number of hydrogen-bond acceptors (Lipinski definition) is 3. The average Bonchev–Trinajstić information content (AvgIpc) is 2.79. The van der Waals surface area contributed by atoms with E-state index in [1.165, 1.54) is 12.1 Å². The van der Waals surface area contributed by atoms with Crippen LogP contribution in [0.1, 0.15) is 48.4 Å². The monoisotopic (exact) mass is 444 g/mol. The van der Waals surface area contributed by atoms with E-state index >= 15 is 0 Å². The number of alkyl halides is 3. The zero-order chi connectivity index (χ0) is 22.3. The molecule has 3 saturated heterocycles. The van der Waals surface area contributed by atoms with E-state index in [9.17, 15) is 18.0 Å². The molecule has 2 atom stereocenters. The minimum atomic E-state index is -4.37. The Hall–Kier alpha value is -2.54. The van der Waals surface area contributed by atoms with Crippen molar-refractivity contribution in [2.75, 3.05) is 19.6 Å². The highest BCUT2D eigenvalue weighted by molar-refractivity contribution is 5.69. The summed E-state index contributed by atoms with van der Waals surface area (Å²) >= 11 is 0. The van der Waals surface area contributed by atoms with Gasteiger partial charge in [0.1, 0.15) is 6.10 Å². The van der Waals surface area contributed by atoms with E-state index in [0.29, 0.717) is 11.5 Å². The normalized spacial score (nSPS) is 27.0. The van der Waals surface area contributed by atoms with E-state index < -0.39 is 11.7 Å². The van der Waals surface area contributed by atoms with E-state index in [1.54, 1.807) is 6.07 Å². The van der Waals surface area contributed by atoms with E-state index in [2.05, 4.69) is 10.2 Å². The molecule has 3 fully saturated rings. The van der Waals surface area contributed by atoms with Crippen LogP contribution in [0.2, 0.25) is 0 Å². The summed E-state index contributed by atoms with van der Waals surface area (Å²) in [7, 11) is 0. The molecule has 0 spiro atoms. The lowest BCUT2D eigenvalue weighted by atomic mass is 9.85. The highest BCUT2D eigenvalue weighted by Gasteiger charge is 2.37. The van der Waals surface area contributed by atoms with Gasteiger partial charge in [0.25, 0.3) is 0 Å². The van der Waals surface area contributed by atoms with Crippen molar-refractivity contribution < 1.29 is 22.7 Å². The molecule has 4 aliphatic rings. The number of hydrogen-bond donors (Lipinski definition) is 1. The van der Waals surface area contributed by atoms with E-state index in [-0.39, 0.29) is 18.2 Å². The average molecular weight is 444 g/mol. The number of piperidine rings is 3. The van der Waals surface area contributed by atoms with Crippen LogP contribution in [0.15, 0.2) is 42.5 Å². The molecule has 1 N–H and O–H groups in total. The largest absolute Gasteiger partial charge is 0.445 e. The maximum Gasteiger partial charge on any atom is 0.416 e. The lowest BCUT2D eigenvalue weighted by molar-refractivity contribution is -0.137. The van der Waals surface area contributed by atoms with Crippen molar-refractivity contribution in [2.24, 2.45) is 5.92 Å². The van der Waals surface area contributed by atoms with E-state index in [4.69, 9.17) is 4.74 Å². The van der Waals surface area contributed by atoms with Gasteiger partial charge in [-0.05, 0) is 85.5 Å². The molecule has 2 aromatic carbocycles. The first kappa shape index (κ1) is 21.3. The van der Waals surface area contributed by atoms with E-state index in [1.807, 2.05) is 18.2 Å². The third-order valence-corrected chi connectivity index (χ3v) is 7.13. The van der Waals surface area contributed by atoms with Gasteiger partial charge in [-0.3, -0.25) is 4.90 Å². The lowest BCUT2D eigenvalue weighted by Crippen LogP contribution is -2.52. The number of carbonyl (C=O) groups excluding carboxylic acids is 1. The van der Waals surface area contributed by atoms with Crippen LogP contribution in [0, 0.1) is 5.92 Å². The number of nitrogens with zero attached hydrogens (tertiary/aromatic N) is 1. The van der Waals surface area contributed by atoms with Crippen LogP contribution in [0.3, 0.4) is 0 Å². The topological polar surface area (TPSA) is 41.6 Å². The second-order valence-electron chi connectivity index (χ2n) is 9.16. The fraction of sp³-hybridized carbons (Fsp3) is 0.480. The highest BCUT2D eigenvalue weighted by Crippen LogP contribution is 2.36. The number of benzene rings is 2. The predicted octanol–water partition coefficient (Wildman–Crippen LogP) is 5.57. The quantitative estimate of drug-likeness (QED) is 0.673. The number of aryl methyl sites for hydroxylation is 1. The molecule has 0 radical (unpaired) electrons. The Kier molecular flexibility index (Phi) is 5.61. The summed E-state index contributed by atoms with van der Waals surface area (Å²) < 4.78 is 45.1. The lowest BCUT2D eigenvalue weighted by Gasteiger charge is -2.44. The fourth-order valence-corrected chi connectivity index (χ4v) is 5.38. The van der Waals surface area contributed by atoms with Gasteiger partial charge in [-0.15, -0.1) is 0 Å². The number of carbonyl (C=O) groups is 1. The van der Waals surface area contributed by atoms with Gasteiger partial charge in [0.05, 0.1) is 11.6 Å². The predicted molar refractivity (Wildman–Crippen MR) is 115 cm³/mol. The van der Waals surface area contributed by atoms with Crippen LogP contribution in [0.5, 0.6) is 0 Å². The van der Waals surface area contributed by atoms with Gasteiger partial charge in [-0.25, -0.2) is 4.79 Å². The second-order valence-corrected chi connectivity index (χ2v) is 9.16. The molecule has 32 heavy (non-hydrogen) atoms. The Morgan fingerprint density at radius 2 is 1.81 bits per heavy atom. The summed E-state index contributed by atoms with van der Waals surface area (Å²) in [4.78, 5) is 15.0. The Bertz CT molecular complexity index is 999. The molecule has 4 nitrogen and oxygen atoms in total. The number of amides is 1. The van der Waals surface area contributed by atoms with Crippen molar-refractivity contribution in [3.8, 4) is 11.1 Å². The van der Waals surface area contributed by atoms with Crippen molar-refractivity contribution in [3.63, 3.8) is 0 Å². The molecule has 3 heterocycles. The zero-order valence-electron chi connectivity index (χ0n) is 17.8. The van der Waals surface area contributed by atoms with Gasteiger partial charge >= 0.3 is 12.3 Å². The van der Waals surface area contributed by atoms with Crippen molar-refractivity contribution in [2.45, 2.75) is 50.4 Å². The van der Waals surface area contributed by atoms with Crippen LogP contribution in [-0.2, 0) is 17.3 Å². The molecular weight excluding hydrogens is 417 g/mol. The summed E-state index contributed by atoms with van der Waals surface area (Å²) in [5.41, 5.74) is 2.74. The van der Waals surface area contributed by atoms with Gasteiger partial charge in [0.15, 0.2) is 0 Å². The number of halogens is 3. The Balaban J connectivity index is 1.30. The molecule has 0 aromatic heterocycles. The number of nitrogens with one attached hydrogen (secondary N) is 1. The molecule has 3 aliphatic heterocycles. The van der Waals surface area contributed by atoms with Crippen molar-refractivity contribution in [1.82, 2.24) is 10.2 Å². The maximum atomic E-state index is 13.1. The van der Waals surface area contributed by atoms with Crippen LogP contribution in [0.25, 0.3) is 11.1 Å². The number of rotatable bonds is 3. The van der Waals surface area contributed by atoms with Crippen LogP contribution >= 0.6 is 0 Å². The third kappa shape index (κ3) is 4.35. The Morgan fingerprint density at radius 3 is 2.53 bits per heavy atom. The minimum absolute atomic E-state index is 0.0381. The standard InChI is InChI=1S/C25H27F3N2O2/c26-25(27,28)20-5-1-3-17(14-20)18-7-8-21-19(13-18)4-2-6-22(21)29-24(31)32-23-15-30-11-9-16(23)10-12-30/h1,3,5,7-8,13-14,16,22-23H,2,4,6,9-12,15H2,(H,29,31)/t22?,23-/m1/s1. The van der Waals surface area contributed by atoms with Gasteiger partial charge in [0, 0.05) is 6.54 Å². The smallest absolute Gasteiger partial charge is 0.416 e. The summed E-state index contributed by atoms with van der Waals surface area (Å²) in [6.45, 7) is 3.01. The number of alkyl carbamates (subject to hydrolysis) is 1. The molecule has 0 saturated carbocycles. The SMILES string of the molecule is O=C(NC1CCCc2cc(-c3cccc(C(F)(F)F)c3)ccc21)O[C@@H]1CN2CCC1CC2.